The molecule has 0 spiro atoms. The fourth-order valence-corrected chi connectivity index (χ4v) is 7.44. The molecule has 5 heteroatoms. The molecule has 3 heterocycles. The first-order valence-electron chi connectivity index (χ1n) is 17.2. The van der Waals surface area contributed by atoms with Crippen molar-refractivity contribution in [3.8, 4) is 45.5 Å². The van der Waals surface area contributed by atoms with E-state index in [0.29, 0.717) is 17.5 Å². The Balaban J connectivity index is 1.12. The molecule has 0 aliphatic rings. The summed E-state index contributed by atoms with van der Waals surface area (Å²) >= 11 is 0. The van der Waals surface area contributed by atoms with Crippen molar-refractivity contribution < 1.29 is 0 Å². The number of benzene rings is 7. The molecule has 0 saturated heterocycles. The summed E-state index contributed by atoms with van der Waals surface area (Å²) in [5, 5.41) is 4.97. The van der Waals surface area contributed by atoms with Gasteiger partial charge in [0.2, 0.25) is 0 Å². The maximum atomic E-state index is 4.95. The molecule has 10 aromatic rings. The Labute approximate surface area is 294 Å². The minimum absolute atomic E-state index is 0.642. The van der Waals surface area contributed by atoms with Crippen molar-refractivity contribution in [2.75, 3.05) is 0 Å². The number of aryl methyl sites for hydroxylation is 1. The van der Waals surface area contributed by atoms with Crippen molar-refractivity contribution in [1.29, 1.82) is 0 Å². The zero-order valence-corrected chi connectivity index (χ0v) is 27.9. The second kappa shape index (κ2) is 11.6. The van der Waals surface area contributed by atoms with Crippen LogP contribution in [0.5, 0.6) is 0 Å². The van der Waals surface area contributed by atoms with Gasteiger partial charge in [0.05, 0.1) is 22.1 Å². The zero-order valence-electron chi connectivity index (χ0n) is 27.9. The highest BCUT2D eigenvalue weighted by atomic mass is 15.0. The van der Waals surface area contributed by atoms with E-state index < -0.39 is 0 Å². The summed E-state index contributed by atoms with van der Waals surface area (Å²) in [5.74, 6) is 1.95. The van der Waals surface area contributed by atoms with Crippen LogP contribution >= 0.6 is 0 Å². The minimum Gasteiger partial charge on any atom is -0.309 e. The van der Waals surface area contributed by atoms with Crippen LogP contribution in [0.4, 0.5) is 0 Å². The SMILES string of the molecule is Cc1ccc2c(c1)c1cc(-n3c4ccccc4c4ccccc43)ccc1n2-c1ccc(-c2nc(-c3ccccc3)nc(-c3ccccc3)n2)cc1. The summed E-state index contributed by atoms with van der Waals surface area (Å²) in [6, 6.07) is 59.7. The van der Waals surface area contributed by atoms with E-state index in [4.69, 9.17) is 15.0 Å². The number of para-hydroxylation sites is 2. The van der Waals surface area contributed by atoms with Crippen molar-refractivity contribution in [3.63, 3.8) is 0 Å². The third kappa shape index (κ3) is 4.82. The predicted molar refractivity (Wildman–Crippen MR) is 210 cm³/mol. The molecule has 10 rings (SSSR count). The molecule has 240 valence electrons. The fourth-order valence-electron chi connectivity index (χ4n) is 7.44. The second-order valence-electron chi connectivity index (χ2n) is 13.0. The Hall–Kier alpha value is -6.85. The van der Waals surface area contributed by atoms with E-state index in [2.05, 4.69) is 125 Å². The van der Waals surface area contributed by atoms with Gasteiger partial charge in [-0.05, 0) is 73.7 Å². The van der Waals surface area contributed by atoms with E-state index in [0.717, 1.165) is 33.6 Å². The predicted octanol–water partition coefficient (Wildman–Crippen LogP) is 11.4. The molecule has 0 aliphatic heterocycles. The average molecular weight is 654 g/mol. The lowest BCUT2D eigenvalue weighted by Crippen LogP contribution is -2.00. The molecule has 0 N–H and O–H groups in total. The van der Waals surface area contributed by atoms with E-state index in [9.17, 15) is 0 Å². The molecule has 0 amide bonds. The van der Waals surface area contributed by atoms with Crippen molar-refractivity contribution in [2.45, 2.75) is 6.92 Å². The van der Waals surface area contributed by atoms with Gasteiger partial charge in [0, 0.05) is 49.6 Å². The number of fused-ring (bicyclic) bond motifs is 6. The minimum atomic E-state index is 0.642. The van der Waals surface area contributed by atoms with Crippen molar-refractivity contribution in [1.82, 2.24) is 24.1 Å². The lowest BCUT2D eigenvalue weighted by molar-refractivity contribution is 1.07. The zero-order chi connectivity index (χ0) is 33.9. The summed E-state index contributed by atoms with van der Waals surface area (Å²) in [4.78, 5) is 14.8. The first kappa shape index (κ1) is 29.1. The third-order valence-corrected chi connectivity index (χ3v) is 9.83. The molecule has 0 bridgehead atoms. The van der Waals surface area contributed by atoms with Crippen LogP contribution in [-0.2, 0) is 0 Å². The van der Waals surface area contributed by atoms with Gasteiger partial charge in [0.25, 0.3) is 0 Å². The van der Waals surface area contributed by atoms with Crippen molar-refractivity contribution in [3.05, 3.63) is 175 Å². The van der Waals surface area contributed by atoms with Crippen LogP contribution in [0.2, 0.25) is 0 Å². The van der Waals surface area contributed by atoms with Gasteiger partial charge in [-0.1, -0.05) is 109 Å². The van der Waals surface area contributed by atoms with E-state index in [1.807, 2.05) is 60.7 Å². The standard InChI is InChI=1S/C46H31N5/c1-30-20-26-42-38(28-30)39-29-35(51-40-18-10-8-16-36(40)37-17-9-11-19-41(37)51)25-27-43(39)50(42)34-23-21-33(22-24-34)46-48-44(31-12-4-2-5-13-31)47-45(49-46)32-14-6-3-7-15-32/h2-29H,1H3. The van der Waals surface area contributed by atoms with Crippen LogP contribution in [0, 0.1) is 6.92 Å². The Morgan fingerprint density at radius 3 is 1.31 bits per heavy atom. The van der Waals surface area contributed by atoms with Crippen LogP contribution in [0.3, 0.4) is 0 Å². The van der Waals surface area contributed by atoms with Crippen LogP contribution < -0.4 is 0 Å². The van der Waals surface area contributed by atoms with Crippen molar-refractivity contribution in [2.24, 2.45) is 0 Å². The number of nitrogens with zero attached hydrogens (tertiary/aromatic N) is 5. The molecule has 5 nitrogen and oxygen atoms in total. The van der Waals surface area contributed by atoms with Crippen LogP contribution in [0.15, 0.2) is 170 Å². The van der Waals surface area contributed by atoms with Gasteiger partial charge in [0.1, 0.15) is 0 Å². The molecular formula is C46H31N5. The summed E-state index contributed by atoms with van der Waals surface area (Å²) in [5.41, 5.74) is 11.0. The topological polar surface area (TPSA) is 48.5 Å². The second-order valence-corrected chi connectivity index (χ2v) is 13.0. The maximum absolute atomic E-state index is 4.95. The monoisotopic (exact) mass is 653 g/mol. The van der Waals surface area contributed by atoms with Gasteiger partial charge in [-0.15, -0.1) is 0 Å². The maximum Gasteiger partial charge on any atom is 0.164 e. The normalized spacial score (nSPS) is 11.6. The van der Waals surface area contributed by atoms with Gasteiger partial charge in [0.15, 0.2) is 17.5 Å². The van der Waals surface area contributed by atoms with Gasteiger partial charge >= 0.3 is 0 Å². The quantitative estimate of drug-likeness (QED) is 0.186. The highest BCUT2D eigenvalue weighted by Gasteiger charge is 2.17. The van der Waals surface area contributed by atoms with E-state index in [1.54, 1.807) is 0 Å². The molecule has 0 radical (unpaired) electrons. The number of rotatable bonds is 5. The molecule has 0 atom stereocenters. The summed E-state index contributed by atoms with van der Waals surface area (Å²) in [6.07, 6.45) is 0. The molecular weight excluding hydrogens is 623 g/mol. The van der Waals surface area contributed by atoms with Gasteiger partial charge in [-0.25, -0.2) is 15.0 Å². The highest BCUT2D eigenvalue weighted by molar-refractivity contribution is 6.12. The summed E-state index contributed by atoms with van der Waals surface area (Å²) < 4.78 is 4.75. The number of hydrogen-bond acceptors (Lipinski definition) is 3. The van der Waals surface area contributed by atoms with E-state index >= 15 is 0 Å². The molecule has 0 fully saturated rings. The van der Waals surface area contributed by atoms with Crippen LogP contribution in [0.25, 0.3) is 89.2 Å². The molecule has 3 aromatic heterocycles. The molecule has 7 aromatic carbocycles. The summed E-state index contributed by atoms with van der Waals surface area (Å²) in [7, 11) is 0. The van der Waals surface area contributed by atoms with Gasteiger partial charge in [-0.2, -0.15) is 0 Å². The Morgan fingerprint density at radius 2 is 0.745 bits per heavy atom. The highest BCUT2D eigenvalue weighted by Crippen LogP contribution is 2.37. The Morgan fingerprint density at radius 1 is 0.333 bits per heavy atom. The van der Waals surface area contributed by atoms with Crippen molar-refractivity contribution >= 4 is 43.6 Å². The molecule has 51 heavy (non-hydrogen) atoms. The third-order valence-electron chi connectivity index (χ3n) is 9.83. The smallest absolute Gasteiger partial charge is 0.164 e. The largest absolute Gasteiger partial charge is 0.309 e. The Kier molecular flexibility index (Phi) is 6.64. The van der Waals surface area contributed by atoms with Gasteiger partial charge in [-0.3, -0.25) is 0 Å². The molecule has 0 saturated carbocycles. The van der Waals surface area contributed by atoms with Crippen LogP contribution in [-0.4, -0.2) is 24.1 Å². The number of hydrogen-bond donors (Lipinski definition) is 0. The lowest BCUT2D eigenvalue weighted by Gasteiger charge is -2.11. The average Bonchev–Trinajstić information content (AvgIpc) is 3.70. The first-order chi connectivity index (χ1) is 25.2. The summed E-state index contributed by atoms with van der Waals surface area (Å²) in [6.45, 7) is 2.16. The van der Waals surface area contributed by atoms with E-state index in [-0.39, 0.29) is 0 Å². The van der Waals surface area contributed by atoms with E-state index in [1.165, 1.54) is 43.7 Å². The van der Waals surface area contributed by atoms with Gasteiger partial charge < -0.3 is 9.13 Å². The Bertz CT molecular complexity index is 2790. The fraction of sp³-hybridized carbons (Fsp3) is 0.0217. The lowest BCUT2D eigenvalue weighted by atomic mass is 10.1. The molecule has 0 unspecified atom stereocenters. The molecule has 0 aliphatic carbocycles. The van der Waals surface area contributed by atoms with Crippen LogP contribution in [0.1, 0.15) is 5.56 Å². The number of aromatic nitrogens is 5. The first-order valence-corrected chi connectivity index (χ1v) is 17.2.